The zero-order chi connectivity index (χ0) is 12.3. The van der Waals surface area contributed by atoms with Crippen molar-refractivity contribution in [2.75, 3.05) is 13.1 Å². The summed E-state index contributed by atoms with van der Waals surface area (Å²) >= 11 is 0. The van der Waals surface area contributed by atoms with Crippen molar-refractivity contribution in [2.45, 2.75) is 50.6 Å². The van der Waals surface area contributed by atoms with E-state index in [1.807, 2.05) is 0 Å². The molecular formula is C13H20N2O2. The summed E-state index contributed by atoms with van der Waals surface area (Å²) in [5.41, 5.74) is -0.623. The minimum Gasteiger partial charge on any atom is -0.352 e. The molecule has 2 heterocycles. The summed E-state index contributed by atoms with van der Waals surface area (Å²) in [7, 11) is 0. The van der Waals surface area contributed by atoms with E-state index >= 15 is 0 Å². The van der Waals surface area contributed by atoms with E-state index in [4.69, 9.17) is 0 Å². The maximum atomic E-state index is 12.0. The van der Waals surface area contributed by atoms with E-state index < -0.39 is 0 Å². The van der Waals surface area contributed by atoms with Crippen molar-refractivity contribution in [1.82, 2.24) is 10.2 Å². The standard InChI is InChI=1S/C13H20N2O2/c1-9(2)7-15-12(4-3-10(12)16)5-6-13(15)8-14-11(13)17/h9H,3-8H2,1-2H3,(H,14,17). The van der Waals surface area contributed by atoms with Crippen molar-refractivity contribution in [3.05, 3.63) is 0 Å². The van der Waals surface area contributed by atoms with Gasteiger partial charge in [-0.15, -0.1) is 0 Å². The number of rotatable bonds is 2. The summed E-state index contributed by atoms with van der Waals surface area (Å²) in [5.74, 6) is 0.980. The smallest absolute Gasteiger partial charge is 0.242 e. The fraction of sp³-hybridized carbons (Fsp3) is 0.846. The summed E-state index contributed by atoms with van der Waals surface area (Å²) < 4.78 is 0. The first-order chi connectivity index (χ1) is 8.01. The molecule has 1 N–H and O–H groups in total. The molecule has 4 nitrogen and oxygen atoms in total. The average Bonchev–Trinajstić information content (AvgIpc) is 2.64. The van der Waals surface area contributed by atoms with Crippen LogP contribution in [-0.4, -0.2) is 40.8 Å². The Morgan fingerprint density at radius 3 is 2.29 bits per heavy atom. The maximum Gasteiger partial charge on any atom is 0.242 e. The topological polar surface area (TPSA) is 49.4 Å². The Balaban J connectivity index is 1.93. The third-order valence-electron chi connectivity index (χ3n) is 4.78. The van der Waals surface area contributed by atoms with Gasteiger partial charge in [-0.3, -0.25) is 14.5 Å². The van der Waals surface area contributed by atoms with Gasteiger partial charge in [0.1, 0.15) is 5.54 Å². The Morgan fingerprint density at radius 2 is 1.94 bits per heavy atom. The van der Waals surface area contributed by atoms with Gasteiger partial charge in [0.25, 0.3) is 0 Å². The molecule has 2 aliphatic heterocycles. The second-order valence-electron chi connectivity index (χ2n) is 6.17. The van der Waals surface area contributed by atoms with Gasteiger partial charge >= 0.3 is 0 Å². The van der Waals surface area contributed by atoms with Crippen molar-refractivity contribution in [3.63, 3.8) is 0 Å². The SMILES string of the molecule is CC(C)CN1C2(CCC2=O)CCC12CNC2=O. The molecular weight excluding hydrogens is 216 g/mol. The first-order valence-electron chi connectivity index (χ1n) is 6.61. The highest BCUT2D eigenvalue weighted by molar-refractivity contribution is 5.99. The number of carbonyl (C=O) groups is 2. The van der Waals surface area contributed by atoms with Crippen LogP contribution >= 0.6 is 0 Å². The number of hydrogen-bond acceptors (Lipinski definition) is 3. The Kier molecular flexibility index (Phi) is 2.18. The van der Waals surface area contributed by atoms with Crippen LogP contribution in [0.3, 0.4) is 0 Å². The fourth-order valence-corrected chi connectivity index (χ4v) is 3.66. The molecule has 94 valence electrons. The minimum atomic E-state index is -0.347. The predicted octanol–water partition coefficient (Wildman–Crippen LogP) is 0.708. The molecule has 2 unspecified atom stereocenters. The van der Waals surface area contributed by atoms with Crippen LogP contribution in [-0.2, 0) is 9.59 Å². The number of amides is 1. The summed E-state index contributed by atoms with van der Waals surface area (Å²) in [6.45, 7) is 5.89. The number of nitrogens with zero attached hydrogens (tertiary/aromatic N) is 1. The van der Waals surface area contributed by atoms with E-state index in [-0.39, 0.29) is 17.0 Å². The molecule has 0 bridgehead atoms. The van der Waals surface area contributed by atoms with Crippen LogP contribution in [0.25, 0.3) is 0 Å². The number of ketones is 1. The van der Waals surface area contributed by atoms with E-state index in [0.29, 0.717) is 18.1 Å². The van der Waals surface area contributed by atoms with Crippen LogP contribution in [0.2, 0.25) is 0 Å². The van der Waals surface area contributed by atoms with Crippen LogP contribution in [0.1, 0.15) is 39.5 Å². The summed E-state index contributed by atoms with van der Waals surface area (Å²) in [6, 6.07) is 0. The molecule has 0 aromatic heterocycles. The van der Waals surface area contributed by atoms with Gasteiger partial charge in [-0.1, -0.05) is 13.8 Å². The van der Waals surface area contributed by atoms with Crippen LogP contribution in [0.4, 0.5) is 0 Å². The Bertz CT molecular complexity index is 361. The highest BCUT2D eigenvalue weighted by Crippen LogP contribution is 2.51. The van der Waals surface area contributed by atoms with Crippen LogP contribution < -0.4 is 5.32 Å². The number of β-lactam (4-membered cyclic amide) rings is 1. The highest BCUT2D eigenvalue weighted by atomic mass is 16.2. The molecule has 2 saturated heterocycles. The minimum absolute atomic E-state index is 0.134. The van der Waals surface area contributed by atoms with Gasteiger partial charge in [0.15, 0.2) is 5.78 Å². The highest BCUT2D eigenvalue weighted by Gasteiger charge is 2.66. The zero-order valence-electron chi connectivity index (χ0n) is 10.6. The molecule has 1 aliphatic carbocycles. The lowest BCUT2D eigenvalue weighted by atomic mass is 9.73. The van der Waals surface area contributed by atoms with Gasteiger partial charge in [-0.05, 0) is 25.2 Å². The number of carbonyl (C=O) groups excluding carboxylic acids is 2. The monoisotopic (exact) mass is 236 g/mol. The number of hydrogen-bond donors (Lipinski definition) is 1. The summed E-state index contributed by atoms with van der Waals surface area (Å²) in [5, 5.41) is 2.85. The van der Waals surface area contributed by atoms with E-state index in [1.165, 1.54) is 0 Å². The van der Waals surface area contributed by atoms with Crippen molar-refractivity contribution >= 4 is 11.7 Å². The second kappa shape index (κ2) is 3.31. The van der Waals surface area contributed by atoms with Crippen molar-refractivity contribution in [2.24, 2.45) is 5.92 Å². The molecule has 3 fully saturated rings. The van der Waals surface area contributed by atoms with Crippen molar-refractivity contribution < 1.29 is 9.59 Å². The Hall–Kier alpha value is -0.900. The van der Waals surface area contributed by atoms with Crippen LogP contribution in [0, 0.1) is 5.92 Å². The third-order valence-corrected chi connectivity index (χ3v) is 4.78. The summed E-state index contributed by atoms with van der Waals surface area (Å²) in [4.78, 5) is 26.2. The largest absolute Gasteiger partial charge is 0.352 e. The molecule has 3 aliphatic rings. The van der Waals surface area contributed by atoms with Gasteiger partial charge in [0.2, 0.25) is 5.91 Å². The van der Waals surface area contributed by atoms with Crippen LogP contribution in [0.5, 0.6) is 0 Å². The maximum absolute atomic E-state index is 12.0. The Morgan fingerprint density at radius 1 is 1.24 bits per heavy atom. The van der Waals surface area contributed by atoms with E-state index in [1.54, 1.807) is 0 Å². The quantitative estimate of drug-likeness (QED) is 0.718. The van der Waals surface area contributed by atoms with E-state index in [0.717, 1.165) is 32.4 Å². The molecule has 4 heteroatoms. The number of likely N-dealkylation sites (tertiary alicyclic amines) is 1. The van der Waals surface area contributed by atoms with E-state index in [9.17, 15) is 9.59 Å². The Labute approximate surface area is 102 Å². The number of Topliss-reactive ketones (excluding diaryl/α,β-unsaturated/α-hetero) is 1. The van der Waals surface area contributed by atoms with Gasteiger partial charge < -0.3 is 5.32 Å². The van der Waals surface area contributed by atoms with Crippen molar-refractivity contribution in [1.29, 1.82) is 0 Å². The first kappa shape index (κ1) is 11.2. The molecule has 2 atom stereocenters. The predicted molar refractivity (Wildman–Crippen MR) is 63.5 cm³/mol. The lowest BCUT2D eigenvalue weighted by molar-refractivity contribution is -0.155. The summed E-state index contributed by atoms with van der Waals surface area (Å²) in [6.07, 6.45) is 3.39. The number of nitrogens with one attached hydrogen (secondary N) is 1. The van der Waals surface area contributed by atoms with Gasteiger partial charge in [-0.25, -0.2) is 0 Å². The molecule has 0 radical (unpaired) electrons. The second-order valence-corrected chi connectivity index (χ2v) is 6.17. The van der Waals surface area contributed by atoms with Gasteiger partial charge in [0.05, 0.1) is 5.54 Å². The molecule has 3 rings (SSSR count). The lowest BCUT2D eigenvalue weighted by Gasteiger charge is -2.53. The van der Waals surface area contributed by atoms with Gasteiger partial charge in [0, 0.05) is 19.5 Å². The van der Waals surface area contributed by atoms with E-state index in [2.05, 4.69) is 24.1 Å². The molecule has 2 spiro atoms. The molecule has 1 amide bonds. The van der Waals surface area contributed by atoms with Crippen LogP contribution in [0.15, 0.2) is 0 Å². The zero-order valence-corrected chi connectivity index (χ0v) is 10.6. The third kappa shape index (κ3) is 1.22. The molecule has 1 saturated carbocycles. The normalized spacial score (nSPS) is 40.9. The molecule has 0 aromatic carbocycles. The lowest BCUT2D eigenvalue weighted by Crippen LogP contribution is -2.75. The molecule has 17 heavy (non-hydrogen) atoms. The van der Waals surface area contributed by atoms with Crippen molar-refractivity contribution in [3.8, 4) is 0 Å². The van der Waals surface area contributed by atoms with Gasteiger partial charge in [-0.2, -0.15) is 0 Å². The first-order valence-corrected chi connectivity index (χ1v) is 6.61. The fourth-order valence-electron chi connectivity index (χ4n) is 3.66. The molecule has 0 aromatic rings. The average molecular weight is 236 g/mol.